The van der Waals surface area contributed by atoms with Gasteiger partial charge < -0.3 is 5.32 Å². The molecule has 0 saturated carbocycles. The molecule has 0 bridgehead atoms. The molecule has 1 unspecified atom stereocenters. The van der Waals surface area contributed by atoms with Crippen molar-refractivity contribution in [3.05, 3.63) is 0 Å². The van der Waals surface area contributed by atoms with Gasteiger partial charge >= 0.3 is 0 Å². The lowest BCUT2D eigenvalue weighted by atomic mass is 9.90. The molecule has 0 saturated heterocycles. The number of amides is 1. The Labute approximate surface area is 89.6 Å². The molecule has 0 aliphatic heterocycles. The van der Waals surface area contributed by atoms with Crippen LogP contribution < -0.4 is 5.32 Å². The average molecular weight is 250 g/mol. The Morgan fingerprint density at radius 1 is 1.46 bits per heavy atom. The van der Waals surface area contributed by atoms with E-state index >= 15 is 0 Å². The molecule has 13 heavy (non-hydrogen) atoms. The van der Waals surface area contributed by atoms with Crippen molar-refractivity contribution in [3.8, 4) is 0 Å². The number of nitrogens with one attached hydrogen (secondary N) is 1. The maximum Gasteiger partial charge on any atom is 0.233 e. The van der Waals surface area contributed by atoms with Gasteiger partial charge in [0.1, 0.15) is 0 Å². The van der Waals surface area contributed by atoms with Crippen LogP contribution in [0.1, 0.15) is 40.5 Å². The van der Waals surface area contributed by atoms with Crippen molar-refractivity contribution in [2.45, 2.75) is 45.4 Å². The van der Waals surface area contributed by atoms with E-state index in [0.717, 1.165) is 19.4 Å². The second-order valence-electron chi connectivity index (χ2n) is 4.11. The summed E-state index contributed by atoms with van der Waals surface area (Å²) < 4.78 is 0. The van der Waals surface area contributed by atoms with Gasteiger partial charge in [-0.05, 0) is 18.3 Å². The monoisotopic (exact) mass is 249 g/mol. The first-order chi connectivity index (χ1) is 5.93. The lowest BCUT2D eigenvalue weighted by Gasteiger charge is -2.23. The molecule has 1 amide bonds. The van der Waals surface area contributed by atoms with Crippen LogP contribution in [0, 0.1) is 5.41 Å². The lowest BCUT2D eigenvalue weighted by molar-refractivity contribution is -0.120. The van der Waals surface area contributed by atoms with Crippen LogP contribution in [-0.4, -0.2) is 17.3 Å². The Hall–Kier alpha value is -0.0500. The van der Waals surface area contributed by atoms with Crippen molar-refractivity contribution in [1.29, 1.82) is 0 Å². The molecule has 0 spiro atoms. The van der Waals surface area contributed by atoms with Crippen LogP contribution in [0.15, 0.2) is 0 Å². The summed E-state index contributed by atoms with van der Waals surface area (Å²) in [4.78, 5) is 11.3. The summed E-state index contributed by atoms with van der Waals surface area (Å²) in [7, 11) is 0. The zero-order valence-electron chi connectivity index (χ0n) is 8.98. The zero-order valence-corrected chi connectivity index (χ0v) is 10.6. The third-order valence-electron chi connectivity index (χ3n) is 2.34. The average Bonchev–Trinajstić information content (AvgIpc) is 2.13. The fourth-order valence-corrected chi connectivity index (χ4v) is 0.909. The molecular weight excluding hydrogens is 230 g/mol. The smallest absolute Gasteiger partial charge is 0.233 e. The van der Waals surface area contributed by atoms with E-state index in [1.165, 1.54) is 0 Å². The highest BCUT2D eigenvalue weighted by Crippen LogP contribution is 2.18. The normalized spacial score (nSPS) is 13.9. The molecule has 2 nitrogen and oxygen atoms in total. The third kappa shape index (κ3) is 5.29. The highest BCUT2D eigenvalue weighted by molar-refractivity contribution is 9.10. The Balaban J connectivity index is 3.83. The number of alkyl halides is 1. The minimum atomic E-state index is -0.0415. The van der Waals surface area contributed by atoms with Gasteiger partial charge in [0.05, 0.1) is 4.83 Å². The molecule has 0 aromatic rings. The number of carbonyl (C=O) groups excluding carboxylic acids is 1. The van der Waals surface area contributed by atoms with Crippen LogP contribution >= 0.6 is 15.9 Å². The van der Waals surface area contributed by atoms with E-state index in [-0.39, 0.29) is 16.1 Å². The van der Waals surface area contributed by atoms with Gasteiger partial charge in [0.15, 0.2) is 0 Å². The van der Waals surface area contributed by atoms with E-state index in [4.69, 9.17) is 0 Å². The van der Waals surface area contributed by atoms with Gasteiger partial charge in [-0.2, -0.15) is 0 Å². The zero-order chi connectivity index (χ0) is 10.5. The van der Waals surface area contributed by atoms with Crippen molar-refractivity contribution >= 4 is 21.8 Å². The van der Waals surface area contributed by atoms with E-state index in [0.29, 0.717) is 0 Å². The Morgan fingerprint density at radius 3 is 2.38 bits per heavy atom. The molecule has 0 rings (SSSR count). The van der Waals surface area contributed by atoms with Gasteiger partial charge in [-0.3, -0.25) is 4.79 Å². The minimum absolute atomic E-state index is 0.0415. The quantitative estimate of drug-likeness (QED) is 0.747. The summed E-state index contributed by atoms with van der Waals surface area (Å²) in [5, 5.41) is 2.94. The summed E-state index contributed by atoms with van der Waals surface area (Å²) in [6.07, 6.45) is 1.91. The molecule has 0 fully saturated rings. The van der Waals surface area contributed by atoms with E-state index in [9.17, 15) is 4.79 Å². The van der Waals surface area contributed by atoms with Crippen molar-refractivity contribution in [2.24, 2.45) is 5.41 Å². The number of halogens is 1. The van der Waals surface area contributed by atoms with Crippen LogP contribution in [0.25, 0.3) is 0 Å². The SMILES string of the molecule is CCC(Br)C(=O)NCC(C)(C)CC. The molecule has 0 aromatic carbocycles. The maximum absolute atomic E-state index is 11.4. The molecule has 0 aliphatic carbocycles. The van der Waals surface area contributed by atoms with Gasteiger partial charge in [0.25, 0.3) is 0 Å². The Morgan fingerprint density at radius 2 is 2.00 bits per heavy atom. The lowest BCUT2D eigenvalue weighted by Crippen LogP contribution is -2.37. The highest BCUT2D eigenvalue weighted by Gasteiger charge is 2.18. The highest BCUT2D eigenvalue weighted by atomic mass is 79.9. The molecule has 0 aromatic heterocycles. The van der Waals surface area contributed by atoms with Crippen molar-refractivity contribution in [3.63, 3.8) is 0 Å². The van der Waals surface area contributed by atoms with Crippen LogP contribution in [0.3, 0.4) is 0 Å². The summed E-state index contributed by atoms with van der Waals surface area (Å²) in [6, 6.07) is 0. The summed E-state index contributed by atoms with van der Waals surface area (Å²) in [6.45, 7) is 9.19. The Kier molecular flexibility index (Phi) is 5.61. The van der Waals surface area contributed by atoms with E-state index < -0.39 is 0 Å². The predicted octanol–water partition coefficient (Wildman–Crippen LogP) is 2.71. The van der Waals surface area contributed by atoms with Crippen molar-refractivity contribution in [1.82, 2.24) is 5.32 Å². The molecule has 78 valence electrons. The number of rotatable bonds is 5. The fraction of sp³-hybridized carbons (Fsp3) is 0.900. The topological polar surface area (TPSA) is 29.1 Å². The van der Waals surface area contributed by atoms with Crippen LogP contribution in [0.5, 0.6) is 0 Å². The first kappa shape index (κ1) is 12.9. The summed E-state index contributed by atoms with van der Waals surface area (Å²) >= 11 is 3.32. The fourth-order valence-electron chi connectivity index (χ4n) is 0.748. The van der Waals surface area contributed by atoms with Crippen molar-refractivity contribution < 1.29 is 4.79 Å². The molecule has 0 heterocycles. The molecule has 0 radical (unpaired) electrons. The largest absolute Gasteiger partial charge is 0.355 e. The van der Waals surface area contributed by atoms with E-state index in [2.05, 4.69) is 42.0 Å². The van der Waals surface area contributed by atoms with E-state index in [1.54, 1.807) is 0 Å². The first-order valence-corrected chi connectivity index (χ1v) is 5.76. The molecule has 1 N–H and O–H groups in total. The number of hydrogen-bond donors (Lipinski definition) is 1. The maximum atomic E-state index is 11.4. The van der Waals surface area contributed by atoms with E-state index in [1.807, 2.05) is 6.92 Å². The minimum Gasteiger partial charge on any atom is -0.355 e. The second-order valence-corrected chi connectivity index (χ2v) is 5.22. The van der Waals surface area contributed by atoms with Crippen LogP contribution in [0.2, 0.25) is 0 Å². The van der Waals surface area contributed by atoms with Gasteiger partial charge in [0, 0.05) is 6.54 Å². The first-order valence-electron chi connectivity index (χ1n) is 4.84. The van der Waals surface area contributed by atoms with Crippen molar-refractivity contribution in [2.75, 3.05) is 6.54 Å². The van der Waals surface area contributed by atoms with Gasteiger partial charge in [-0.1, -0.05) is 43.6 Å². The molecular formula is C10H20BrNO. The molecule has 1 atom stereocenters. The van der Waals surface area contributed by atoms with Crippen LogP contribution in [-0.2, 0) is 4.79 Å². The summed E-state index contributed by atoms with van der Waals surface area (Å²) in [5.74, 6) is 0.101. The molecule has 0 aliphatic rings. The Bertz CT molecular complexity index is 168. The van der Waals surface area contributed by atoms with Gasteiger partial charge in [-0.15, -0.1) is 0 Å². The molecule has 3 heteroatoms. The predicted molar refractivity (Wildman–Crippen MR) is 60.1 cm³/mol. The van der Waals surface area contributed by atoms with Gasteiger partial charge in [0.2, 0.25) is 5.91 Å². The van der Waals surface area contributed by atoms with Crippen LogP contribution in [0.4, 0.5) is 0 Å². The van der Waals surface area contributed by atoms with Gasteiger partial charge in [-0.25, -0.2) is 0 Å². The standard InChI is InChI=1S/C10H20BrNO/c1-5-8(11)9(13)12-7-10(3,4)6-2/h8H,5-7H2,1-4H3,(H,12,13). The number of carbonyl (C=O) groups is 1. The second kappa shape index (κ2) is 5.63. The summed E-state index contributed by atoms with van der Waals surface area (Å²) in [5.41, 5.74) is 0.204. The third-order valence-corrected chi connectivity index (χ3v) is 3.40. The number of hydrogen-bond acceptors (Lipinski definition) is 1.